The highest BCUT2D eigenvalue weighted by atomic mass is 35.5. The summed E-state index contributed by atoms with van der Waals surface area (Å²) in [5, 5.41) is 30.7. The summed E-state index contributed by atoms with van der Waals surface area (Å²) in [6, 6.07) is 11.3. The van der Waals surface area contributed by atoms with Crippen LogP contribution >= 0.6 is 11.6 Å². The highest BCUT2D eigenvalue weighted by Gasteiger charge is 2.58. The number of carbonyl (C=O) groups excluding carboxylic acids is 6. The van der Waals surface area contributed by atoms with E-state index in [9.17, 15) is 72.7 Å². The molecule has 8 aromatic heterocycles. The third kappa shape index (κ3) is 13.2. The summed E-state index contributed by atoms with van der Waals surface area (Å²) in [6.07, 6.45) is -5.33. The standard InChI is InChI=1S/C22H22ClF2N7O2.C21H19F5N8O2.C20H19F3N8O2/c1-21(24,25)7-8-32-13-9-10(23)3-6-12(13)15(31-32)18-28-16(26)14-17(29-18)30-20(34)22(14,2)19(33)27-11-4-5-11;1-19(17(35)29-9-4-5-9)11-13(27)30-15(31-14(11)32-18(19)36)12-10-3-2-7-28-16(10)34(33-12)8-6-20(22,23)21(24,25)26;1-19(17(32)26-9-4-5-9)11-13(24)27-15(28-14(11)29-18(19)33)12-10-3-2-7-25-16(10)31(30-12)8-6-20(21,22)23/h3,6,9,11H,4-5,7-8H2,1-2H3,(H,27,33)(H3,26,28,29,30,34);2-3,7,9H,4-6,8H2,1H3,(H,29,35)(H3,27,30,31,32,36);2-3,7,9H,4-6,8H2,1H3,(H,26,32)(H3,24,27,28,29,33). The van der Waals surface area contributed by atoms with Gasteiger partial charge in [-0.15, -0.1) is 0 Å². The lowest BCUT2D eigenvalue weighted by atomic mass is 9.83. The summed E-state index contributed by atoms with van der Waals surface area (Å²) >= 11 is 6.13. The van der Waals surface area contributed by atoms with E-state index in [1.807, 2.05) is 0 Å². The van der Waals surface area contributed by atoms with E-state index in [0.29, 0.717) is 27.0 Å². The van der Waals surface area contributed by atoms with Crippen molar-refractivity contribution in [3.8, 4) is 34.6 Å². The number of anilines is 6. The number of rotatable bonds is 17. The molecule has 11 heterocycles. The van der Waals surface area contributed by atoms with Crippen molar-refractivity contribution in [3.63, 3.8) is 0 Å². The minimum atomic E-state index is -5.71. The Morgan fingerprint density at radius 3 is 1.24 bits per heavy atom. The lowest BCUT2D eigenvalue weighted by Crippen LogP contribution is -2.48. The molecule has 9 aromatic rings. The molecule has 15 rings (SSSR count). The van der Waals surface area contributed by atoms with Crippen molar-refractivity contribution in [1.82, 2.24) is 85.2 Å². The zero-order valence-electron chi connectivity index (χ0n) is 54.5. The average Bonchev–Trinajstić information content (AvgIpc) is 1.59. The Morgan fingerprint density at radius 2 is 0.883 bits per heavy atom. The van der Waals surface area contributed by atoms with Crippen LogP contribution in [0.25, 0.3) is 67.5 Å². The predicted molar refractivity (Wildman–Crippen MR) is 349 cm³/mol. The van der Waals surface area contributed by atoms with E-state index in [1.165, 1.54) is 50.0 Å². The maximum atomic E-state index is 13.5. The van der Waals surface area contributed by atoms with Crippen molar-refractivity contribution in [2.24, 2.45) is 0 Å². The first-order chi connectivity index (χ1) is 48.4. The van der Waals surface area contributed by atoms with Gasteiger partial charge < -0.3 is 49.1 Å². The van der Waals surface area contributed by atoms with Crippen LogP contribution in [0.3, 0.4) is 0 Å². The minimum absolute atomic E-state index is 0.00200. The number of carbonyl (C=O) groups is 6. The summed E-state index contributed by atoms with van der Waals surface area (Å²) < 4.78 is 134. The van der Waals surface area contributed by atoms with E-state index in [0.717, 1.165) is 54.8 Å². The summed E-state index contributed by atoms with van der Waals surface area (Å²) in [5.74, 6) is -11.3. The monoisotopic (exact) mass is 1460 g/mol. The van der Waals surface area contributed by atoms with Crippen LogP contribution in [0.5, 0.6) is 0 Å². The van der Waals surface area contributed by atoms with Crippen LogP contribution in [-0.2, 0) is 64.6 Å². The van der Waals surface area contributed by atoms with Crippen molar-refractivity contribution < 1.29 is 72.7 Å². The van der Waals surface area contributed by atoms with E-state index in [2.05, 4.69) is 87.1 Å². The van der Waals surface area contributed by atoms with Gasteiger partial charge >= 0.3 is 18.3 Å². The molecule has 3 fully saturated rings. The summed E-state index contributed by atoms with van der Waals surface area (Å²) in [4.78, 5) is 111. The molecule has 103 heavy (non-hydrogen) atoms. The summed E-state index contributed by atoms with van der Waals surface area (Å²) in [5.41, 5.74) is 15.5. The Labute approximate surface area is 578 Å². The van der Waals surface area contributed by atoms with Gasteiger partial charge in [0.2, 0.25) is 41.4 Å². The van der Waals surface area contributed by atoms with Gasteiger partial charge in [0.25, 0.3) is 0 Å². The van der Waals surface area contributed by atoms with Crippen molar-refractivity contribution in [3.05, 3.63) is 76.6 Å². The molecule has 3 unspecified atom stereocenters. The maximum absolute atomic E-state index is 13.5. The number of nitrogens with two attached hydrogens (primary N) is 3. The van der Waals surface area contributed by atoms with Crippen LogP contribution < -0.4 is 49.1 Å². The average molecular weight is 1460 g/mol. The first kappa shape index (κ1) is 70.4. The number of halogens is 11. The molecule has 0 spiro atoms. The number of pyridine rings is 2. The molecule has 3 atom stereocenters. The molecule has 0 bridgehead atoms. The van der Waals surface area contributed by atoms with Gasteiger partial charge in [0.05, 0.1) is 45.9 Å². The molecule has 1 aromatic carbocycles. The van der Waals surface area contributed by atoms with Crippen LogP contribution in [0.4, 0.5) is 78.8 Å². The summed E-state index contributed by atoms with van der Waals surface area (Å²) in [6.45, 7) is 3.90. The number of alkyl halides is 10. The third-order valence-electron chi connectivity index (χ3n) is 18.3. The number of aryl methyl sites for hydroxylation is 3. The molecule has 29 nitrogen and oxygen atoms in total. The van der Waals surface area contributed by atoms with Gasteiger partial charge in [0.15, 0.2) is 45.0 Å². The zero-order chi connectivity index (χ0) is 74.0. The minimum Gasteiger partial charge on any atom is -0.383 e. The number of nitrogens with zero attached hydrogens (tertiary/aromatic N) is 14. The maximum Gasteiger partial charge on any atom is 0.453 e. The molecule has 3 aliphatic heterocycles. The predicted octanol–water partition coefficient (Wildman–Crippen LogP) is 7.72. The van der Waals surface area contributed by atoms with E-state index < -0.39 is 108 Å². The quantitative estimate of drug-likeness (QED) is 0.0311. The van der Waals surface area contributed by atoms with E-state index in [1.54, 1.807) is 30.3 Å². The van der Waals surface area contributed by atoms with Crippen LogP contribution in [0.2, 0.25) is 5.02 Å². The van der Waals surface area contributed by atoms with E-state index in [-0.39, 0.29) is 122 Å². The fraction of sp³-hybridized carbons (Fsp3) is 0.413. The normalized spacial score (nSPS) is 19.9. The van der Waals surface area contributed by atoms with Gasteiger partial charge in [-0.25, -0.2) is 58.0 Å². The number of amides is 6. The van der Waals surface area contributed by atoms with Gasteiger partial charge in [0, 0.05) is 66.9 Å². The second kappa shape index (κ2) is 25.2. The molecule has 6 amide bonds. The molecule has 540 valence electrons. The van der Waals surface area contributed by atoms with Crippen molar-refractivity contribution in [2.45, 2.75) is 164 Å². The largest absolute Gasteiger partial charge is 0.453 e. The van der Waals surface area contributed by atoms with Gasteiger partial charge in [0.1, 0.15) is 52.0 Å². The fourth-order valence-electron chi connectivity index (χ4n) is 11.9. The Morgan fingerprint density at radius 1 is 0.524 bits per heavy atom. The lowest BCUT2D eigenvalue weighted by Gasteiger charge is -2.21. The second-order valence-electron chi connectivity index (χ2n) is 26.2. The Balaban J connectivity index is 0.000000138. The molecule has 0 radical (unpaired) electrons. The van der Waals surface area contributed by atoms with Gasteiger partial charge in [-0.3, -0.25) is 33.4 Å². The van der Waals surface area contributed by atoms with Crippen LogP contribution in [0.15, 0.2) is 54.9 Å². The Hall–Kier alpha value is -11.0. The molecular weight excluding hydrogens is 1400 g/mol. The van der Waals surface area contributed by atoms with Crippen molar-refractivity contribution in [1.29, 1.82) is 0 Å². The van der Waals surface area contributed by atoms with Crippen LogP contribution in [-0.4, -0.2) is 147 Å². The lowest BCUT2D eigenvalue weighted by molar-refractivity contribution is -0.285. The second-order valence-corrected chi connectivity index (χ2v) is 26.6. The van der Waals surface area contributed by atoms with E-state index >= 15 is 0 Å². The first-order valence-corrected chi connectivity index (χ1v) is 32.4. The highest BCUT2D eigenvalue weighted by molar-refractivity contribution is 6.31. The van der Waals surface area contributed by atoms with Crippen LogP contribution in [0, 0.1) is 0 Å². The number of fused-ring (bicyclic) bond motifs is 6. The van der Waals surface area contributed by atoms with Gasteiger partial charge in [-0.1, -0.05) is 11.6 Å². The van der Waals surface area contributed by atoms with Crippen molar-refractivity contribution >= 4 is 115 Å². The van der Waals surface area contributed by atoms with E-state index in [4.69, 9.17) is 28.8 Å². The number of nitrogens with one attached hydrogen (secondary N) is 6. The number of benzene rings is 1. The topological polar surface area (TPSA) is 409 Å². The molecule has 0 saturated heterocycles. The smallest absolute Gasteiger partial charge is 0.383 e. The Bertz CT molecular complexity index is 5030. The Kier molecular flexibility index (Phi) is 17.2. The number of aromatic nitrogens is 14. The molecule has 12 N–H and O–H groups in total. The van der Waals surface area contributed by atoms with Crippen LogP contribution in [0.1, 0.15) is 102 Å². The number of hydrogen-bond acceptors (Lipinski definition) is 20. The molecule has 3 saturated carbocycles. The van der Waals surface area contributed by atoms with Gasteiger partial charge in [-0.05, 0) is 109 Å². The summed E-state index contributed by atoms with van der Waals surface area (Å²) in [7, 11) is 0. The number of hydrogen-bond donors (Lipinski definition) is 9. The molecule has 3 aliphatic carbocycles. The van der Waals surface area contributed by atoms with Gasteiger partial charge in [-0.2, -0.15) is 50.4 Å². The highest BCUT2D eigenvalue weighted by Crippen LogP contribution is 2.47. The molecule has 40 heteroatoms. The zero-order valence-corrected chi connectivity index (χ0v) is 55.3. The number of nitrogen functional groups attached to an aromatic ring is 3. The molecule has 6 aliphatic rings. The molecular formula is C63H60ClF10N23O6. The fourth-order valence-corrected chi connectivity index (χ4v) is 12.1. The third-order valence-corrected chi connectivity index (χ3v) is 18.5. The van der Waals surface area contributed by atoms with Crippen molar-refractivity contribution in [2.75, 3.05) is 33.2 Å². The first-order valence-electron chi connectivity index (χ1n) is 32.0. The SMILES string of the molecule is CC(F)(F)CCn1nc(-c2nc(N)c3c(n2)NC(=O)C3(C)C(=O)NC2CC2)c2ccc(Cl)cc21.CC1(C(=O)NC2CC2)C(=O)Nc2nc(-c3nn(CCC(F)(F)C(F)(F)F)c4ncccc34)nc(N)c21.CC1(C(=O)NC2CC2)C(=O)Nc2nc(-c3nn(CCC(F)(F)F)c4ncccc34)nc(N)c21.